The summed E-state index contributed by atoms with van der Waals surface area (Å²) in [5.41, 5.74) is 0.972. The van der Waals surface area contributed by atoms with E-state index in [2.05, 4.69) is 4.52 Å². The molecule has 2 nitrogen and oxygen atoms in total. The molecule has 0 aliphatic rings. The summed E-state index contributed by atoms with van der Waals surface area (Å²) in [5.74, 6) is -0.235. The van der Waals surface area contributed by atoms with Crippen molar-refractivity contribution in [1.82, 2.24) is 0 Å². The molecule has 1 atom stereocenters. The Morgan fingerprint density at radius 3 is 2.42 bits per heavy atom. The molecule has 0 aliphatic heterocycles. The van der Waals surface area contributed by atoms with Crippen molar-refractivity contribution in [3.8, 4) is 0 Å². The molecular formula is C8H9O2PRu. The first-order chi connectivity index (χ1) is 5.33. The van der Waals surface area contributed by atoms with E-state index in [0.717, 1.165) is 5.56 Å². The SMILES string of the molecule is O=C(Cc1ccccc1)OP.[Ru]. The Morgan fingerprint density at radius 1 is 1.33 bits per heavy atom. The number of rotatable bonds is 2. The molecule has 1 aromatic carbocycles. The van der Waals surface area contributed by atoms with Crippen LogP contribution in [0.4, 0.5) is 0 Å². The second kappa shape index (κ2) is 6.28. The Balaban J connectivity index is 0.00000121. The van der Waals surface area contributed by atoms with Crippen LogP contribution in [0.15, 0.2) is 30.3 Å². The largest absolute Gasteiger partial charge is 0.451 e. The number of carbonyl (C=O) groups excluding carboxylic acids is 1. The van der Waals surface area contributed by atoms with Crippen LogP contribution >= 0.6 is 9.47 Å². The number of carbonyl (C=O) groups is 1. The minimum Gasteiger partial charge on any atom is -0.451 e. The van der Waals surface area contributed by atoms with Crippen molar-refractivity contribution in [3.05, 3.63) is 35.9 Å². The zero-order chi connectivity index (χ0) is 8.10. The van der Waals surface area contributed by atoms with Gasteiger partial charge >= 0.3 is 5.97 Å². The van der Waals surface area contributed by atoms with Crippen molar-refractivity contribution < 1.29 is 28.8 Å². The third kappa shape index (κ3) is 3.94. The van der Waals surface area contributed by atoms with Crippen molar-refractivity contribution >= 4 is 15.4 Å². The summed E-state index contributed by atoms with van der Waals surface area (Å²) in [6.45, 7) is 0. The fraction of sp³-hybridized carbons (Fsp3) is 0.125. The van der Waals surface area contributed by atoms with E-state index in [9.17, 15) is 4.79 Å². The van der Waals surface area contributed by atoms with Crippen molar-refractivity contribution in [1.29, 1.82) is 0 Å². The normalized spacial score (nSPS) is 8.42. The van der Waals surface area contributed by atoms with E-state index in [1.54, 1.807) is 0 Å². The molecule has 0 aromatic heterocycles. The van der Waals surface area contributed by atoms with Crippen LogP contribution in [0.3, 0.4) is 0 Å². The van der Waals surface area contributed by atoms with Crippen LogP contribution in [0.25, 0.3) is 0 Å². The summed E-state index contributed by atoms with van der Waals surface area (Å²) in [7, 11) is 1.94. The average Bonchev–Trinajstić information content (AvgIpc) is 2.06. The number of hydrogen-bond donors (Lipinski definition) is 0. The first kappa shape index (κ1) is 11.7. The maximum absolute atomic E-state index is 10.7. The zero-order valence-corrected chi connectivity index (χ0v) is 9.23. The van der Waals surface area contributed by atoms with Gasteiger partial charge in [0, 0.05) is 19.5 Å². The predicted octanol–water partition coefficient (Wildman–Crippen LogP) is 1.56. The molecule has 0 radical (unpaired) electrons. The van der Waals surface area contributed by atoms with Crippen molar-refractivity contribution in [3.63, 3.8) is 0 Å². The molecule has 4 heteroatoms. The van der Waals surface area contributed by atoms with Crippen LogP contribution in [0, 0.1) is 0 Å². The van der Waals surface area contributed by atoms with E-state index >= 15 is 0 Å². The average molecular weight is 269 g/mol. The van der Waals surface area contributed by atoms with Gasteiger partial charge in [0.1, 0.15) is 0 Å². The van der Waals surface area contributed by atoms with Crippen LogP contribution in [-0.4, -0.2) is 5.97 Å². The summed E-state index contributed by atoms with van der Waals surface area (Å²) in [6.07, 6.45) is 0.338. The third-order valence-electron chi connectivity index (χ3n) is 1.32. The Hall–Kier alpha value is -0.257. The van der Waals surface area contributed by atoms with E-state index in [0.29, 0.717) is 6.42 Å². The Bertz CT molecular complexity index is 238. The molecule has 0 heterocycles. The van der Waals surface area contributed by atoms with Gasteiger partial charge in [-0.15, -0.1) is 0 Å². The molecule has 0 saturated carbocycles. The fourth-order valence-corrected chi connectivity index (χ4v) is 0.888. The quantitative estimate of drug-likeness (QED) is 0.601. The maximum atomic E-state index is 10.7. The van der Waals surface area contributed by atoms with Gasteiger partial charge in [-0.25, -0.2) is 0 Å². The summed E-state index contributed by atoms with van der Waals surface area (Å²) < 4.78 is 4.43. The molecule has 0 amide bonds. The van der Waals surface area contributed by atoms with E-state index in [1.807, 2.05) is 39.8 Å². The minimum atomic E-state index is -0.235. The molecule has 0 aliphatic carbocycles. The molecule has 0 bridgehead atoms. The number of benzene rings is 1. The molecular weight excluding hydrogens is 260 g/mol. The Morgan fingerprint density at radius 2 is 1.92 bits per heavy atom. The minimum absolute atomic E-state index is 0. The van der Waals surface area contributed by atoms with E-state index in [-0.39, 0.29) is 25.4 Å². The Labute approximate surface area is 86.7 Å². The van der Waals surface area contributed by atoms with Gasteiger partial charge < -0.3 is 4.52 Å². The molecule has 0 saturated heterocycles. The van der Waals surface area contributed by atoms with Gasteiger partial charge in [-0.3, -0.25) is 4.79 Å². The molecule has 1 rings (SSSR count). The van der Waals surface area contributed by atoms with E-state index in [1.165, 1.54) is 0 Å². The topological polar surface area (TPSA) is 26.3 Å². The molecule has 0 spiro atoms. The van der Waals surface area contributed by atoms with Crippen LogP contribution in [0.1, 0.15) is 5.56 Å². The standard InChI is InChI=1S/C8H9O2P.Ru/c9-8(10-11)6-7-4-2-1-3-5-7;/h1-5H,6,11H2;. The van der Waals surface area contributed by atoms with Gasteiger partial charge in [0.15, 0.2) is 0 Å². The Kier molecular flexibility index (Phi) is 6.15. The van der Waals surface area contributed by atoms with Gasteiger partial charge in [-0.1, -0.05) is 30.3 Å². The van der Waals surface area contributed by atoms with Gasteiger partial charge in [-0.2, -0.15) is 0 Å². The van der Waals surface area contributed by atoms with Crippen LogP contribution in [0.5, 0.6) is 0 Å². The van der Waals surface area contributed by atoms with Crippen LogP contribution in [-0.2, 0) is 35.2 Å². The van der Waals surface area contributed by atoms with E-state index in [4.69, 9.17) is 0 Å². The summed E-state index contributed by atoms with van der Waals surface area (Å²) >= 11 is 0. The van der Waals surface area contributed by atoms with Gasteiger partial charge in [0.25, 0.3) is 0 Å². The smallest absolute Gasteiger partial charge is 0.312 e. The van der Waals surface area contributed by atoms with E-state index < -0.39 is 0 Å². The van der Waals surface area contributed by atoms with Crippen molar-refractivity contribution in [2.45, 2.75) is 6.42 Å². The zero-order valence-electron chi connectivity index (χ0n) is 6.34. The van der Waals surface area contributed by atoms with Crippen molar-refractivity contribution in [2.24, 2.45) is 0 Å². The van der Waals surface area contributed by atoms with Gasteiger partial charge in [0.05, 0.1) is 15.9 Å². The third-order valence-corrected chi connectivity index (χ3v) is 1.59. The first-order valence-corrected chi connectivity index (χ1v) is 3.73. The molecule has 12 heavy (non-hydrogen) atoms. The summed E-state index contributed by atoms with van der Waals surface area (Å²) in [6, 6.07) is 9.48. The predicted molar refractivity (Wildman–Crippen MR) is 45.9 cm³/mol. The fourth-order valence-electron chi connectivity index (χ4n) is 0.804. The second-order valence-corrected chi connectivity index (χ2v) is 2.39. The summed E-state index contributed by atoms with van der Waals surface area (Å²) in [5, 5.41) is 0. The molecule has 0 N–H and O–H groups in total. The second-order valence-electron chi connectivity index (χ2n) is 2.15. The molecule has 1 unspecified atom stereocenters. The first-order valence-electron chi connectivity index (χ1n) is 3.26. The molecule has 66 valence electrons. The van der Waals surface area contributed by atoms with Gasteiger partial charge in [-0.05, 0) is 5.56 Å². The van der Waals surface area contributed by atoms with Crippen LogP contribution in [0.2, 0.25) is 0 Å². The van der Waals surface area contributed by atoms with Crippen molar-refractivity contribution in [2.75, 3.05) is 0 Å². The maximum Gasteiger partial charge on any atom is 0.312 e. The number of hydrogen-bond acceptors (Lipinski definition) is 2. The molecule has 1 aromatic rings. The van der Waals surface area contributed by atoms with Crippen LogP contribution < -0.4 is 0 Å². The summed E-state index contributed by atoms with van der Waals surface area (Å²) in [4.78, 5) is 10.7. The molecule has 0 fully saturated rings. The van der Waals surface area contributed by atoms with Gasteiger partial charge in [0.2, 0.25) is 0 Å². The monoisotopic (exact) mass is 270 g/mol.